The van der Waals surface area contributed by atoms with Crippen LogP contribution in [0.1, 0.15) is 25.7 Å². The van der Waals surface area contributed by atoms with E-state index in [-0.39, 0.29) is 12.0 Å². The first kappa shape index (κ1) is 14.1. The predicted octanol–water partition coefficient (Wildman–Crippen LogP) is 1.94. The van der Waals surface area contributed by atoms with E-state index < -0.39 is 12.0 Å². The Labute approximate surface area is 106 Å². The Morgan fingerprint density at radius 2 is 2.29 bits per heavy atom. The average molecular weight is 264 g/mol. The summed E-state index contributed by atoms with van der Waals surface area (Å²) in [5.74, 6) is -0.265. The molecule has 1 saturated heterocycles. The Balaban J connectivity index is 2.73. The van der Waals surface area contributed by atoms with Crippen LogP contribution in [0.4, 0.5) is 4.79 Å². The van der Waals surface area contributed by atoms with E-state index >= 15 is 0 Å². The van der Waals surface area contributed by atoms with Crippen molar-refractivity contribution in [2.75, 3.05) is 19.5 Å². The van der Waals surface area contributed by atoms with Crippen LogP contribution in [0.5, 0.6) is 0 Å². The third-order valence-corrected chi connectivity index (χ3v) is 3.43. The summed E-state index contributed by atoms with van der Waals surface area (Å²) in [7, 11) is 1.33. The number of carboxylic acid groups (broad SMARTS) is 1. The highest BCUT2D eigenvalue weighted by Crippen LogP contribution is 2.28. The minimum absolute atomic E-state index is 0.261. The number of hydrogen-bond acceptors (Lipinski definition) is 3. The molecule has 1 aliphatic heterocycles. The van der Waals surface area contributed by atoms with Crippen molar-refractivity contribution in [2.24, 2.45) is 5.92 Å². The van der Waals surface area contributed by atoms with Crippen LogP contribution in [0.15, 0.2) is 0 Å². The molecule has 0 saturated carbocycles. The highest BCUT2D eigenvalue weighted by atomic mass is 35.5. The zero-order valence-corrected chi connectivity index (χ0v) is 10.7. The van der Waals surface area contributed by atoms with E-state index in [1.807, 2.05) is 0 Å². The van der Waals surface area contributed by atoms with Gasteiger partial charge in [-0.25, -0.2) is 4.79 Å². The summed E-state index contributed by atoms with van der Waals surface area (Å²) in [5.41, 5.74) is 0. The van der Waals surface area contributed by atoms with Crippen molar-refractivity contribution in [3.63, 3.8) is 0 Å². The quantitative estimate of drug-likeness (QED) is 0.608. The Morgan fingerprint density at radius 3 is 2.82 bits per heavy atom. The van der Waals surface area contributed by atoms with Gasteiger partial charge < -0.3 is 14.7 Å². The summed E-state index contributed by atoms with van der Waals surface area (Å²) in [6, 6.07) is -0.261. The molecule has 1 aliphatic rings. The number of hydrogen-bond donors (Lipinski definition) is 1. The number of esters is 1. The van der Waals surface area contributed by atoms with Gasteiger partial charge in [0.2, 0.25) is 0 Å². The molecule has 0 aromatic heterocycles. The average Bonchev–Trinajstić information content (AvgIpc) is 2.78. The molecule has 0 radical (unpaired) electrons. The molecule has 1 rings (SSSR count). The molecule has 1 heterocycles. The van der Waals surface area contributed by atoms with E-state index in [0.29, 0.717) is 31.7 Å². The van der Waals surface area contributed by atoms with Crippen LogP contribution in [0.25, 0.3) is 0 Å². The van der Waals surface area contributed by atoms with Crippen LogP contribution in [0.2, 0.25) is 0 Å². The smallest absolute Gasteiger partial charge is 0.407 e. The van der Waals surface area contributed by atoms with Crippen molar-refractivity contribution in [1.82, 2.24) is 4.90 Å². The highest BCUT2D eigenvalue weighted by Gasteiger charge is 2.38. The van der Waals surface area contributed by atoms with Gasteiger partial charge >= 0.3 is 12.1 Å². The number of carbonyl (C=O) groups excluding carboxylic acids is 1. The lowest BCUT2D eigenvalue weighted by Crippen LogP contribution is -2.42. The second-order valence-electron chi connectivity index (χ2n) is 4.15. The minimum Gasteiger partial charge on any atom is -0.469 e. The van der Waals surface area contributed by atoms with Gasteiger partial charge in [-0.3, -0.25) is 4.79 Å². The maximum atomic E-state index is 11.7. The summed E-state index contributed by atoms with van der Waals surface area (Å²) in [4.78, 5) is 24.1. The summed E-state index contributed by atoms with van der Waals surface area (Å²) >= 11 is 5.62. The van der Waals surface area contributed by atoms with Gasteiger partial charge in [0.05, 0.1) is 13.0 Å². The minimum atomic E-state index is -0.965. The summed E-state index contributed by atoms with van der Waals surface area (Å²) < 4.78 is 4.75. The van der Waals surface area contributed by atoms with Crippen LogP contribution >= 0.6 is 11.6 Å². The Hall–Kier alpha value is -0.970. The summed E-state index contributed by atoms with van der Waals surface area (Å²) in [5, 5.41) is 9.06. The van der Waals surface area contributed by atoms with Gasteiger partial charge in [-0.1, -0.05) is 0 Å². The predicted molar refractivity (Wildman–Crippen MR) is 63.2 cm³/mol. The fourth-order valence-electron chi connectivity index (χ4n) is 2.36. The topological polar surface area (TPSA) is 66.8 Å². The molecule has 2 atom stereocenters. The molecule has 2 unspecified atom stereocenters. The zero-order chi connectivity index (χ0) is 12.8. The van der Waals surface area contributed by atoms with Gasteiger partial charge in [0.25, 0.3) is 0 Å². The maximum Gasteiger partial charge on any atom is 0.407 e. The lowest BCUT2D eigenvalue weighted by molar-refractivity contribution is -0.147. The first-order valence-corrected chi connectivity index (χ1v) is 6.28. The van der Waals surface area contributed by atoms with E-state index in [9.17, 15) is 9.59 Å². The van der Waals surface area contributed by atoms with Crippen LogP contribution in [0.3, 0.4) is 0 Å². The molecular formula is C11H18ClNO4. The number of likely N-dealkylation sites (tertiary alicyclic amines) is 1. The Kier molecular flexibility index (Phi) is 5.55. The monoisotopic (exact) mass is 263 g/mol. The molecule has 5 nitrogen and oxygen atoms in total. The number of ether oxygens (including phenoxy) is 1. The van der Waals surface area contributed by atoms with Crippen LogP contribution < -0.4 is 0 Å². The number of methoxy groups -OCH3 is 1. The molecular weight excluding hydrogens is 246 g/mol. The standard InChI is InChI=1S/C11H18ClNO4/c1-17-10(14)8(4-2-6-12)9-5-3-7-13(9)11(15)16/h8-9H,2-7H2,1H3,(H,15,16). The van der Waals surface area contributed by atoms with Gasteiger partial charge in [0.1, 0.15) is 0 Å². The number of nitrogens with zero attached hydrogens (tertiary/aromatic N) is 1. The molecule has 0 aromatic carbocycles. The van der Waals surface area contributed by atoms with Gasteiger partial charge in [0.15, 0.2) is 0 Å². The van der Waals surface area contributed by atoms with Crippen molar-refractivity contribution in [1.29, 1.82) is 0 Å². The van der Waals surface area contributed by atoms with Gasteiger partial charge in [-0.05, 0) is 25.7 Å². The molecule has 1 N–H and O–H groups in total. The number of amides is 1. The molecule has 17 heavy (non-hydrogen) atoms. The SMILES string of the molecule is COC(=O)C(CCCCl)C1CCCN1C(=O)O. The largest absolute Gasteiger partial charge is 0.469 e. The lowest BCUT2D eigenvalue weighted by Gasteiger charge is -2.27. The molecule has 1 fully saturated rings. The van der Waals surface area contributed by atoms with Gasteiger partial charge in [-0.2, -0.15) is 0 Å². The van der Waals surface area contributed by atoms with E-state index in [1.165, 1.54) is 12.0 Å². The van der Waals surface area contributed by atoms with Crippen molar-refractivity contribution < 1.29 is 19.4 Å². The van der Waals surface area contributed by atoms with E-state index in [2.05, 4.69) is 0 Å². The number of alkyl halides is 1. The molecule has 6 heteroatoms. The number of halogens is 1. The molecule has 1 amide bonds. The van der Waals surface area contributed by atoms with Gasteiger partial charge in [-0.15, -0.1) is 11.6 Å². The van der Waals surface area contributed by atoms with E-state index in [1.54, 1.807) is 0 Å². The highest BCUT2D eigenvalue weighted by molar-refractivity contribution is 6.17. The Bertz CT molecular complexity index is 285. The normalized spacial score (nSPS) is 21.3. The molecule has 0 aliphatic carbocycles. The Morgan fingerprint density at radius 1 is 1.59 bits per heavy atom. The third-order valence-electron chi connectivity index (χ3n) is 3.16. The first-order chi connectivity index (χ1) is 8.11. The second-order valence-corrected chi connectivity index (χ2v) is 4.52. The fraction of sp³-hybridized carbons (Fsp3) is 0.818. The van der Waals surface area contributed by atoms with Crippen molar-refractivity contribution in [3.8, 4) is 0 Å². The maximum absolute atomic E-state index is 11.7. The molecule has 0 spiro atoms. The number of rotatable bonds is 5. The van der Waals surface area contributed by atoms with Crippen LogP contribution in [-0.4, -0.2) is 47.6 Å². The van der Waals surface area contributed by atoms with Crippen molar-refractivity contribution in [2.45, 2.75) is 31.7 Å². The summed E-state index contributed by atoms with van der Waals surface area (Å²) in [6.07, 6.45) is 1.81. The van der Waals surface area contributed by atoms with Crippen LogP contribution in [-0.2, 0) is 9.53 Å². The van der Waals surface area contributed by atoms with E-state index in [0.717, 1.165) is 6.42 Å². The first-order valence-electron chi connectivity index (χ1n) is 5.75. The van der Waals surface area contributed by atoms with Gasteiger partial charge in [0, 0.05) is 18.5 Å². The number of carbonyl (C=O) groups is 2. The second kappa shape index (κ2) is 6.69. The molecule has 98 valence electrons. The third kappa shape index (κ3) is 3.49. The van der Waals surface area contributed by atoms with E-state index in [4.69, 9.17) is 21.4 Å². The molecule has 0 bridgehead atoms. The van der Waals surface area contributed by atoms with Crippen LogP contribution in [0, 0.1) is 5.92 Å². The van der Waals surface area contributed by atoms with Crippen molar-refractivity contribution in [3.05, 3.63) is 0 Å². The van der Waals surface area contributed by atoms with Crippen molar-refractivity contribution >= 4 is 23.7 Å². The lowest BCUT2D eigenvalue weighted by atomic mass is 9.93. The zero-order valence-electron chi connectivity index (χ0n) is 9.89. The summed E-state index contributed by atoms with van der Waals surface area (Å²) in [6.45, 7) is 0.494. The fourth-order valence-corrected chi connectivity index (χ4v) is 2.52. The molecule has 0 aromatic rings.